The number of anilines is 1. The average Bonchev–Trinajstić information content (AvgIpc) is 2.55. The van der Waals surface area contributed by atoms with Gasteiger partial charge in [0.1, 0.15) is 5.82 Å². The van der Waals surface area contributed by atoms with Gasteiger partial charge in [0, 0.05) is 31.3 Å². The fourth-order valence-electron chi connectivity index (χ4n) is 2.59. The molecular formula is C17H21FN2O3. The van der Waals surface area contributed by atoms with Crippen LogP contribution in [0.25, 0.3) is 0 Å². The molecule has 1 N–H and O–H groups in total. The standard InChI is InChI=1S/C17H21FN2O3/c1-12-3-4-14(18)15(11-12)20-9-7-13(8-10-20)19-16(21)5-6-17(22)23-2/h3-6,11,13H,7-10H2,1-2H3,(H,19,21)/b6-5+. The number of benzene rings is 1. The second kappa shape index (κ2) is 7.76. The smallest absolute Gasteiger partial charge is 0.330 e. The minimum absolute atomic E-state index is 0.0221. The van der Waals surface area contributed by atoms with Crippen molar-refractivity contribution in [2.45, 2.75) is 25.8 Å². The monoisotopic (exact) mass is 320 g/mol. The predicted octanol–water partition coefficient (Wildman–Crippen LogP) is 1.95. The van der Waals surface area contributed by atoms with Gasteiger partial charge in [-0.2, -0.15) is 0 Å². The van der Waals surface area contributed by atoms with E-state index < -0.39 is 5.97 Å². The molecule has 0 aliphatic carbocycles. The van der Waals surface area contributed by atoms with Crippen LogP contribution in [0.4, 0.5) is 10.1 Å². The van der Waals surface area contributed by atoms with Crippen molar-refractivity contribution in [2.75, 3.05) is 25.1 Å². The second-order valence-corrected chi connectivity index (χ2v) is 5.58. The fourth-order valence-corrected chi connectivity index (χ4v) is 2.59. The van der Waals surface area contributed by atoms with Crippen molar-refractivity contribution in [1.82, 2.24) is 5.32 Å². The van der Waals surface area contributed by atoms with Crippen molar-refractivity contribution >= 4 is 17.6 Å². The van der Waals surface area contributed by atoms with Crippen LogP contribution in [0.3, 0.4) is 0 Å². The largest absolute Gasteiger partial charge is 0.466 e. The molecule has 0 unspecified atom stereocenters. The van der Waals surface area contributed by atoms with Crippen LogP contribution in [0.1, 0.15) is 18.4 Å². The molecule has 0 atom stereocenters. The summed E-state index contributed by atoms with van der Waals surface area (Å²) in [5.74, 6) is -1.11. The number of ether oxygens (including phenoxy) is 1. The van der Waals surface area contributed by atoms with E-state index in [2.05, 4.69) is 10.1 Å². The zero-order valence-electron chi connectivity index (χ0n) is 13.3. The molecule has 2 rings (SSSR count). The first kappa shape index (κ1) is 17.0. The number of hydrogen-bond donors (Lipinski definition) is 1. The number of nitrogens with one attached hydrogen (secondary N) is 1. The normalized spacial score (nSPS) is 15.7. The molecule has 124 valence electrons. The van der Waals surface area contributed by atoms with E-state index >= 15 is 0 Å². The molecule has 1 saturated heterocycles. The Morgan fingerprint density at radius 1 is 1.30 bits per heavy atom. The summed E-state index contributed by atoms with van der Waals surface area (Å²) < 4.78 is 18.3. The molecular weight excluding hydrogens is 299 g/mol. The third-order valence-electron chi connectivity index (χ3n) is 3.86. The van der Waals surface area contributed by atoms with Crippen molar-refractivity contribution in [3.05, 3.63) is 41.7 Å². The summed E-state index contributed by atoms with van der Waals surface area (Å²) in [6.07, 6.45) is 3.71. The van der Waals surface area contributed by atoms with Gasteiger partial charge in [-0.05, 0) is 37.5 Å². The molecule has 0 radical (unpaired) electrons. The first-order valence-corrected chi connectivity index (χ1v) is 7.57. The number of carbonyl (C=O) groups excluding carboxylic acids is 2. The van der Waals surface area contributed by atoms with Gasteiger partial charge in [-0.15, -0.1) is 0 Å². The van der Waals surface area contributed by atoms with E-state index in [1.165, 1.54) is 19.3 Å². The van der Waals surface area contributed by atoms with Crippen molar-refractivity contribution in [3.63, 3.8) is 0 Å². The van der Waals surface area contributed by atoms with Crippen molar-refractivity contribution in [1.29, 1.82) is 0 Å². The van der Waals surface area contributed by atoms with Gasteiger partial charge in [0.2, 0.25) is 5.91 Å². The fraction of sp³-hybridized carbons (Fsp3) is 0.412. The summed E-state index contributed by atoms with van der Waals surface area (Å²) in [4.78, 5) is 24.6. The number of methoxy groups -OCH3 is 1. The summed E-state index contributed by atoms with van der Waals surface area (Å²) in [7, 11) is 1.25. The van der Waals surface area contributed by atoms with E-state index in [4.69, 9.17) is 0 Å². The summed E-state index contributed by atoms with van der Waals surface area (Å²) in [5, 5.41) is 2.84. The minimum Gasteiger partial charge on any atom is -0.466 e. The minimum atomic E-state index is -0.565. The summed E-state index contributed by atoms with van der Waals surface area (Å²) >= 11 is 0. The van der Waals surface area contributed by atoms with Crippen molar-refractivity contribution < 1.29 is 18.7 Å². The molecule has 0 bridgehead atoms. The first-order valence-electron chi connectivity index (χ1n) is 7.57. The molecule has 0 aromatic heterocycles. The van der Waals surface area contributed by atoms with Crippen LogP contribution in [0, 0.1) is 12.7 Å². The lowest BCUT2D eigenvalue weighted by atomic mass is 10.0. The van der Waals surface area contributed by atoms with Crippen LogP contribution in [-0.2, 0) is 14.3 Å². The lowest BCUT2D eigenvalue weighted by molar-refractivity contribution is -0.135. The van der Waals surface area contributed by atoms with Crippen LogP contribution < -0.4 is 10.2 Å². The summed E-state index contributed by atoms with van der Waals surface area (Å²) in [5.41, 5.74) is 1.63. The van der Waals surface area contributed by atoms with Gasteiger partial charge in [0.15, 0.2) is 0 Å². The van der Waals surface area contributed by atoms with Crippen LogP contribution in [0.15, 0.2) is 30.4 Å². The highest BCUT2D eigenvalue weighted by atomic mass is 19.1. The van der Waals surface area contributed by atoms with Gasteiger partial charge in [-0.25, -0.2) is 9.18 Å². The van der Waals surface area contributed by atoms with E-state index in [9.17, 15) is 14.0 Å². The number of halogens is 1. The Balaban J connectivity index is 1.86. The number of hydrogen-bond acceptors (Lipinski definition) is 4. The zero-order valence-corrected chi connectivity index (χ0v) is 13.3. The number of aryl methyl sites for hydroxylation is 1. The van der Waals surface area contributed by atoms with Crippen LogP contribution in [-0.4, -0.2) is 38.1 Å². The Morgan fingerprint density at radius 2 is 2.00 bits per heavy atom. The lowest BCUT2D eigenvalue weighted by Gasteiger charge is -2.34. The maximum Gasteiger partial charge on any atom is 0.330 e. The topological polar surface area (TPSA) is 58.6 Å². The third-order valence-corrected chi connectivity index (χ3v) is 3.86. The molecule has 1 amide bonds. The van der Waals surface area contributed by atoms with Crippen LogP contribution >= 0.6 is 0 Å². The third kappa shape index (κ3) is 4.81. The first-order chi connectivity index (χ1) is 11.0. The maximum absolute atomic E-state index is 13.9. The molecule has 23 heavy (non-hydrogen) atoms. The summed E-state index contributed by atoms with van der Waals surface area (Å²) in [6, 6.07) is 5.09. The zero-order chi connectivity index (χ0) is 16.8. The predicted molar refractivity (Wildman–Crippen MR) is 85.7 cm³/mol. The Bertz CT molecular complexity index is 608. The van der Waals surface area contributed by atoms with E-state index in [0.717, 1.165) is 24.5 Å². The Kier molecular flexibility index (Phi) is 5.73. The Morgan fingerprint density at radius 3 is 2.65 bits per heavy atom. The number of piperidine rings is 1. The van der Waals surface area contributed by atoms with E-state index in [-0.39, 0.29) is 17.8 Å². The molecule has 1 aliphatic heterocycles. The van der Waals surface area contributed by atoms with E-state index in [1.807, 2.05) is 17.9 Å². The Hall–Kier alpha value is -2.37. The number of nitrogens with zero attached hydrogens (tertiary/aromatic N) is 1. The molecule has 1 aromatic rings. The molecule has 1 heterocycles. The number of carbonyl (C=O) groups is 2. The number of esters is 1. The molecule has 1 aliphatic rings. The highest BCUT2D eigenvalue weighted by Gasteiger charge is 2.22. The van der Waals surface area contributed by atoms with Gasteiger partial charge in [0.05, 0.1) is 12.8 Å². The van der Waals surface area contributed by atoms with Crippen molar-refractivity contribution in [3.8, 4) is 0 Å². The van der Waals surface area contributed by atoms with Gasteiger partial charge in [-0.1, -0.05) is 6.07 Å². The maximum atomic E-state index is 13.9. The second-order valence-electron chi connectivity index (χ2n) is 5.58. The van der Waals surface area contributed by atoms with Gasteiger partial charge < -0.3 is 15.0 Å². The molecule has 1 aromatic carbocycles. The van der Waals surface area contributed by atoms with Gasteiger partial charge >= 0.3 is 5.97 Å². The molecule has 0 saturated carbocycles. The summed E-state index contributed by atoms with van der Waals surface area (Å²) in [6.45, 7) is 3.28. The number of rotatable bonds is 4. The van der Waals surface area contributed by atoms with Crippen LogP contribution in [0.2, 0.25) is 0 Å². The highest BCUT2D eigenvalue weighted by Crippen LogP contribution is 2.24. The molecule has 1 fully saturated rings. The molecule has 0 spiro atoms. The number of amides is 1. The van der Waals surface area contributed by atoms with Gasteiger partial charge in [0.25, 0.3) is 0 Å². The lowest BCUT2D eigenvalue weighted by Crippen LogP contribution is -2.44. The molecule has 5 nitrogen and oxygen atoms in total. The average molecular weight is 320 g/mol. The van der Waals surface area contributed by atoms with Crippen LogP contribution in [0.5, 0.6) is 0 Å². The quantitative estimate of drug-likeness (QED) is 0.680. The SMILES string of the molecule is COC(=O)/C=C/C(=O)NC1CCN(c2cc(C)ccc2F)CC1. The van der Waals surface area contributed by atoms with E-state index in [0.29, 0.717) is 18.8 Å². The van der Waals surface area contributed by atoms with Crippen molar-refractivity contribution in [2.24, 2.45) is 0 Å². The van der Waals surface area contributed by atoms with Gasteiger partial charge in [-0.3, -0.25) is 4.79 Å². The van der Waals surface area contributed by atoms with E-state index in [1.54, 1.807) is 6.07 Å². The highest BCUT2D eigenvalue weighted by molar-refractivity contribution is 5.94. The Labute approximate surface area is 135 Å². The molecule has 6 heteroatoms.